The summed E-state index contributed by atoms with van der Waals surface area (Å²) in [7, 11) is 0. The van der Waals surface area contributed by atoms with Crippen LogP contribution in [0.2, 0.25) is 0 Å². The number of rotatable bonds is 7. The Labute approximate surface area is 109 Å². The highest BCUT2D eigenvalue weighted by molar-refractivity contribution is 5.89. The lowest BCUT2D eigenvalue weighted by molar-refractivity contribution is -0.143. The van der Waals surface area contributed by atoms with Gasteiger partial charge in [-0.25, -0.2) is 4.79 Å². The molecule has 0 saturated heterocycles. The summed E-state index contributed by atoms with van der Waals surface area (Å²) in [6, 6.07) is 0. The minimum atomic E-state index is -0.418. The fourth-order valence-electron chi connectivity index (χ4n) is 1.18. The van der Waals surface area contributed by atoms with Gasteiger partial charge in [-0.2, -0.15) is 0 Å². The average molecular weight is 254 g/mol. The predicted molar refractivity (Wildman–Crippen MR) is 68.9 cm³/mol. The molecule has 4 heteroatoms. The van der Waals surface area contributed by atoms with Gasteiger partial charge in [0.05, 0.1) is 25.2 Å². The van der Waals surface area contributed by atoms with E-state index >= 15 is 0 Å². The number of ether oxygens (including phenoxy) is 2. The number of carbonyl (C=O) groups is 2. The van der Waals surface area contributed by atoms with Crippen LogP contribution in [0, 0.1) is 5.92 Å². The Morgan fingerprint density at radius 1 is 1.11 bits per heavy atom. The molecule has 0 aromatic heterocycles. The molecular formula is C14H22O4. The molecule has 102 valence electrons. The fraction of sp³-hybridized carbons (Fsp3) is 0.643. The van der Waals surface area contributed by atoms with Crippen molar-refractivity contribution in [3.05, 3.63) is 17.4 Å². The quantitative estimate of drug-likeness (QED) is 0.398. The molecule has 0 bridgehead atoms. The molecule has 0 atom stereocenters. The van der Waals surface area contributed by atoms with Crippen molar-refractivity contribution >= 4 is 11.9 Å². The Balaban J connectivity index is 4.63. The van der Waals surface area contributed by atoms with E-state index in [1.54, 1.807) is 19.9 Å². The normalized spacial score (nSPS) is 9.61. The van der Waals surface area contributed by atoms with E-state index < -0.39 is 5.97 Å². The number of esters is 2. The van der Waals surface area contributed by atoms with Gasteiger partial charge < -0.3 is 9.47 Å². The van der Waals surface area contributed by atoms with Crippen LogP contribution in [-0.4, -0.2) is 25.2 Å². The van der Waals surface area contributed by atoms with Gasteiger partial charge in [0.1, 0.15) is 0 Å². The summed E-state index contributed by atoms with van der Waals surface area (Å²) < 4.78 is 9.73. The molecule has 0 aliphatic heterocycles. The summed E-state index contributed by atoms with van der Waals surface area (Å²) in [6.45, 7) is 8.12. The van der Waals surface area contributed by atoms with Crippen molar-refractivity contribution in [2.75, 3.05) is 13.2 Å². The van der Waals surface area contributed by atoms with Gasteiger partial charge in [-0.1, -0.05) is 13.8 Å². The van der Waals surface area contributed by atoms with Crippen molar-refractivity contribution in [1.29, 1.82) is 0 Å². The molecule has 0 aliphatic carbocycles. The highest BCUT2D eigenvalue weighted by atomic mass is 16.5. The van der Waals surface area contributed by atoms with Crippen molar-refractivity contribution < 1.29 is 19.1 Å². The van der Waals surface area contributed by atoms with Crippen LogP contribution in [0.25, 0.3) is 0 Å². The van der Waals surface area contributed by atoms with Gasteiger partial charge in [0.25, 0.3) is 0 Å². The minimum absolute atomic E-state index is 0.168. The third-order valence-corrected chi connectivity index (χ3v) is 2.00. The molecule has 0 aliphatic rings. The first-order valence-electron chi connectivity index (χ1n) is 6.29. The van der Waals surface area contributed by atoms with E-state index in [0.717, 1.165) is 0 Å². The molecular weight excluding hydrogens is 232 g/mol. The van der Waals surface area contributed by atoms with Gasteiger partial charge in [-0.05, 0) is 32.3 Å². The molecule has 0 spiro atoms. The smallest absolute Gasteiger partial charge is 0.341 e. The van der Waals surface area contributed by atoms with Crippen LogP contribution < -0.4 is 0 Å². The number of hydrogen-bond donors (Lipinski definition) is 0. The van der Waals surface area contributed by atoms with Crippen LogP contribution in [0.4, 0.5) is 0 Å². The minimum Gasteiger partial charge on any atom is -0.466 e. The summed E-state index contributed by atoms with van der Waals surface area (Å²) in [5, 5.41) is 0. The Bertz CT molecular complexity index is 336. The van der Waals surface area contributed by atoms with Crippen LogP contribution >= 0.6 is 0 Å². The van der Waals surface area contributed by atoms with Crippen molar-refractivity contribution in [2.24, 2.45) is 5.92 Å². The maximum atomic E-state index is 11.6. The largest absolute Gasteiger partial charge is 0.466 e. The monoisotopic (exact) mass is 254 g/mol. The third-order valence-electron chi connectivity index (χ3n) is 2.00. The van der Waals surface area contributed by atoms with Crippen LogP contribution in [0.15, 0.2) is 17.4 Å². The Kier molecular flexibility index (Phi) is 8.67. The van der Waals surface area contributed by atoms with Crippen LogP contribution in [0.3, 0.4) is 0 Å². The van der Waals surface area contributed by atoms with Crippen molar-refractivity contribution in [3.8, 4) is 0 Å². The molecule has 0 N–H and O–H groups in total. The second kappa shape index (κ2) is 9.49. The number of hydrogen-bond acceptors (Lipinski definition) is 4. The molecule has 0 heterocycles. The molecule has 0 aromatic carbocycles. The zero-order chi connectivity index (χ0) is 14.0. The molecule has 0 radical (unpaired) electrons. The van der Waals surface area contributed by atoms with Crippen LogP contribution in [0.1, 0.15) is 40.5 Å². The Morgan fingerprint density at radius 2 is 1.72 bits per heavy atom. The van der Waals surface area contributed by atoms with Gasteiger partial charge in [-0.15, -0.1) is 5.73 Å². The lowest BCUT2D eigenvalue weighted by Gasteiger charge is -2.05. The lowest BCUT2D eigenvalue weighted by Crippen LogP contribution is -2.10. The van der Waals surface area contributed by atoms with Gasteiger partial charge >= 0.3 is 11.9 Å². The van der Waals surface area contributed by atoms with Crippen molar-refractivity contribution in [3.63, 3.8) is 0 Å². The van der Waals surface area contributed by atoms with E-state index in [2.05, 4.69) is 5.73 Å². The Morgan fingerprint density at radius 3 is 2.22 bits per heavy atom. The zero-order valence-electron chi connectivity index (χ0n) is 11.6. The summed E-state index contributed by atoms with van der Waals surface area (Å²) in [4.78, 5) is 22.9. The van der Waals surface area contributed by atoms with E-state index in [0.29, 0.717) is 25.2 Å². The first-order valence-corrected chi connectivity index (χ1v) is 6.29. The van der Waals surface area contributed by atoms with E-state index in [9.17, 15) is 9.59 Å². The first-order chi connectivity index (χ1) is 8.51. The third kappa shape index (κ3) is 7.69. The van der Waals surface area contributed by atoms with Gasteiger partial charge in [0.2, 0.25) is 0 Å². The second-order valence-electron chi connectivity index (χ2n) is 4.06. The standard InChI is InChI=1S/C14H22O4/c1-5-17-13(15)10-9-12(8-7-11(3)4)14(16)18-6-2/h7,11H,5-6,9-10H2,1-4H3. The van der Waals surface area contributed by atoms with Gasteiger partial charge in [-0.3, -0.25) is 4.79 Å². The summed E-state index contributed by atoms with van der Waals surface area (Å²) >= 11 is 0. The van der Waals surface area contributed by atoms with E-state index in [1.807, 2.05) is 13.8 Å². The molecule has 0 saturated carbocycles. The molecule has 0 amide bonds. The Hall–Kier alpha value is -1.54. The number of carbonyl (C=O) groups excluding carboxylic acids is 2. The average Bonchev–Trinajstić information content (AvgIpc) is 2.29. The molecule has 0 unspecified atom stereocenters. The molecule has 0 rings (SSSR count). The summed E-state index contributed by atoms with van der Waals surface area (Å²) in [5.74, 6) is -0.443. The fourth-order valence-corrected chi connectivity index (χ4v) is 1.18. The molecule has 18 heavy (non-hydrogen) atoms. The molecule has 4 nitrogen and oxygen atoms in total. The zero-order valence-corrected chi connectivity index (χ0v) is 11.6. The highest BCUT2D eigenvalue weighted by Gasteiger charge is 2.12. The lowest BCUT2D eigenvalue weighted by atomic mass is 10.1. The molecule has 0 aromatic rings. The first kappa shape index (κ1) is 16.5. The van der Waals surface area contributed by atoms with Gasteiger partial charge in [0, 0.05) is 0 Å². The predicted octanol–water partition coefficient (Wildman–Crippen LogP) is 2.63. The van der Waals surface area contributed by atoms with E-state index in [1.165, 1.54) is 0 Å². The van der Waals surface area contributed by atoms with Gasteiger partial charge in [0.15, 0.2) is 0 Å². The van der Waals surface area contributed by atoms with E-state index in [-0.39, 0.29) is 18.3 Å². The van der Waals surface area contributed by atoms with E-state index in [4.69, 9.17) is 9.47 Å². The molecule has 0 fully saturated rings. The summed E-state index contributed by atoms with van der Waals surface area (Å²) in [5.41, 5.74) is 3.30. The van der Waals surface area contributed by atoms with Crippen molar-refractivity contribution in [1.82, 2.24) is 0 Å². The topological polar surface area (TPSA) is 52.6 Å². The SMILES string of the molecule is CCOC(=O)CCC(=C=CC(C)C)C(=O)OCC. The van der Waals surface area contributed by atoms with Crippen LogP contribution in [-0.2, 0) is 19.1 Å². The van der Waals surface area contributed by atoms with Crippen LogP contribution in [0.5, 0.6) is 0 Å². The van der Waals surface area contributed by atoms with Crippen molar-refractivity contribution in [2.45, 2.75) is 40.5 Å². The maximum absolute atomic E-state index is 11.6. The second-order valence-corrected chi connectivity index (χ2v) is 4.06. The maximum Gasteiger partial charge on any atom is 0.341 e. The highest BCUT2D eigenvalue weighted by Crippen LogP contribution is 2.08. The summed E-state index contributed by atoms with van der Waals surface area (Å²) in [6.07, 6.45) is 2.25.